The van der Waals surface area contributed by atoms with E-state index in [9.17, 15) is 14.4 Å². The molecule has 1 saturated heterocycles. The SMILES string of the molecule is CCN1CCN(CC(=O)Nc2ccc(Cc3nc4ccccc4s3)cc2)C(=O)C1=O. The van der Waals surface area contributed by atoms with Crippen LogP contribution in [0.15, 0.2) is 48.5 Å². The summed E-state index contributed by atoms with van der Waals surface area (Å²) in [6.45, 7) is 3.01. The van der Waals surface area contributed by atoms with E-state index in [2.05, 4.69) is 16.4 Å². The van der Waals surface area contributed by atoms with Crippen LogP contribution in [0.3, 0.4) is 0 Å². The molecule has 8 heteroatoms. The molecule has 1 fully saturated rings. The summed E-state index contributed by atoms with van der Waals surface area (Å²) in [5, 5.41) is 3.84. The van der Waals surface area contributed by atoms with Crippen LogP contribution in [0, 0.1) is 0 Å². The molecule has 0 bridgehead atoms. The van der Waals surface area contributed by atoms with E-state index in [0.29, 0.717) is 25.3 Å². The third kappa shape index (κ3) is 4.33. The van der Waals surface area contributed by atoms with Gasteiger partial charge in [0.05, 0.1) is 15.2 Å². The first kappa shape index (κ1) is 20.0. The lowest BCUT2D eigenvalue weighted by Crippen LogP contribution is -2.55. The van der Waals surface area contributed by atoms with Crippen molar-refractivity contribution in [1.29, 1.82) is 0 Å². The average molecular weight is 423 g/mol. The summed E-state index contributed by atoms with van der Waals surface area (Å²) in [5.41, 5.74) is 2.76. The third-order valence-electron chi connectivity index (χ3n) is 5.04. The summed E-state index contributed by atoms with van der Waals surface area (Å²) in [6, 6.07) is 15.6. The van der Waals surface area contributed by atoms with E-state index in [4.69, 9.17) is 0 Å². The summed E-state index contributed by atoms with van der Waals surface area (Å²) in [5.74, 6) is -1.49. The van der Waals surface area contributed by atoms with Crippen molar-refractivity contribution in [2.45, 2.75) is 13.3 Å². The first-order chi connectivity index (χ1) is 14.5. The largest absolute Gasteiger partial charge is 0.333 e. The van der Waals surface area contributed by atoms with E-state index in [0.717, 1.165) is 22.5 Å². The summed E-state index contributed by atoms with van der Waals surface area (Å²) in [6.07, 6.45) is 0.728. The molecule has 30 heavy (non-hydrogen) atoms. The fraction of sp³-hybridized carbons (Fsp3) is 0.273. The molecule has 154 valence electrons. The van der Waals surface area contributed by atoms with Crippen LogP contribution in [-0.2, 0) is 20.8 Å². The Hall–Kier alpha value is -3.26. The lowest BCUT2D eigenvalue weighted by Gasteiger charge is -2.32. The molecule has 0 saturated carbocycles. The summed E-state index contributed by atoms with van der Waals surface area (Å²) in [4.78, 5) is 43.8. The highest BCUT2D eigenvalue weighted by molar-refractivity contribution is 7.18. The van der Waals surface area contributed by atoms with Crippen molar-refractivity contribution >= 4 is 45.0 Å². The second-order valence-corrected chi connectivity index (χ2v) is 8.22. The molecule has 4 rings (SSSR count). The lowest BCUT2D eigenvalue weighted by atomic mass is 10.1. The molecule has 7 nitrogen and oxygen atoms in total. The van der Waals surface area contributed by atoms with Gasteiger partial charge in [0.15, 0.2) is 0 Å². The first-order valence-electron chi connectivity index (χ1n) is 9.85. The number of hydrogen-bond donors (Lipinski definition) is 1. The van der Waals surface area contributed by atoms with Crippen LogP contribution in [0.4, 0.5) is 5.69 Å². The van der Waals surface area contributed by atoms with Crippen molar-refractivity contribution in [3.63, 3.8) is 0 Å². The minimum absolute atomic E-state index is 0.129. The number of rotatable bonds is 6. The second-order valence-electron chi connectivity index (χ2n) is 7.11. The van der Waals surface area contributed by atoms with Crippen molar-refractivity contribution in [2.24, 2.45) is 0 Å². The highest BCUT2D eigenvalue weighted by Crippen LogP contribution is 2.24. The molecule has 1 N–H and O–H groups in total. The summed E-state index contributed by atoms with van der Waals surface area (Å²) < 4.78 is 1.17. The smallest absolute Gasteiger partial charge is 0.312 e. The Kier molecular flexibility index (Phi) is 5.76. The zero-order chi connectivity index (χ0) is 21.1. The van der Waals surface area contributed by atoms with E-state index in [1.54, 1.807) is 11.3 Å². The minimum Gasteiger partial charge on any atom is -0.333 e. The molecular weight excluding hydrogens is 400 g/mol. The van der Waals surface area contributed by atoms with Crippen LogP contribution in [0.2, 0.25) is 0 Å². The number of hydrogen-bond acceptors (Lipinski definition) is 5. The molecule has 2 heterocycles. The number of carbonyl (C=O) groups excluding carboxylic acids is 3. The molecular formula is C22H22N4O3S. The van der Waals surface area contributed by atoms with Gasteiger partial charge in [0.25, 0.3) is 0 Å². The first-order valence-corrected chi connectivity index (χ1v) is 10.7. The number of piperazine rings is 1. The maximum absolute atomic E-state index is 12.3. The molecule has 1 aliphatic rings. The number of aromatic nitrogens is 1. The van der Waals surface area contributed by atoms with Gasteiger partial charge in [-0.25, -0.2) is 4.98 Å². The highest BCUT2D eigenvalue weighted by Gasteiger charge is 2.32. The molecule has 1 aliphatic heterocycles. The van der Waals surface area contributed by atoms with Crippen molar-refractivity contribution in [3.05, 3.63) is 59.1 Å². The number of nitrogens with one attached hydrogen (secondary N) is 1. The number of para-hydroxylation sites is 1. The number of nitrogens with zero attached hydrogens (tertiary/aromatic N) is 3. The van der Waals surface area contributed by atoms with Gasteiger partial charge in [-0.1, -0.05) is 24.3 Å². The highest BCUT2D eigenvalue weighted by atomic mass is 32.1. The lowest BCUT2D eigenvalue weighted by molar-refractivity contribution is -0.156. The van der Waals surface area contributed by atoms with E-state index >= 15 is 0 Å². The van der Waals surface area contributed by atoms with Crippen LogP contribution in [0.1, 0.15) is 17.5 Å². The van der Waals surface area contributed by atoms with Crippen molar-refractivity contribution in [2.75, 3.05) is 31.5 Å². The average Bonchev–Trinajstić information content (AvgIpc) is 3.15. The predicted molar refractivity (Wildman–Crippen MR) is 116 cm³/mol. The number of fused-ring (bicyclic) bond motifs is 1. The van der Waals surface area contributed by atoms with Gasteiger partial charge in [-0.2, -0.15) is 0 Å². The van der Waals surface area contributed by atoms with E-state index in [-0.39, 0.29) is 12.5 Å². The number of amides is 3. The fourth-order valence-electron chi connectivity index (χ4n) is 3.42. The molecule has 0 unspecified atom stereocenters. The number of benzene rings is 2. The van der Waals surface area contributed by atoms with Crippen LogP contribution in [0.25, 0.3) is 10.2 Å². The number of thiazole rings is 1. The second kappa shape index (κ2) is 8.62. The maximum atomic E-state index is 12.3. The van der Waals surface area contributed by atoms with E-state index < -0.39 is 11.8 Å². The monoisotopic (exact) mass is 422 g/mol. The van der Waals surface area contributed by atoms with Crippen LogP contribution < -0.4 is 5.32 Å². The molecule has 0 aliphatic carbocycles. The Morgan fingerprint density at radius 3 is 2.47 bits per heavy atom. The van der Waals surface area contributed by atoms with Crippen LogP contribution >= 0.6 is 11.3 Å². The Labute approximate surface area is 178 Å². The molecule has 0 spiro atoms. The Balaban J connectivity index is 1.33. The topological polar surface area (TPSA) is 82.6 Å². The molecule has 0 atom stereocenters. The number of anilines is 1. The maximum Gasteiger partial charge on any atom is 0.312 e. The Morgan fingerprint density at radius 2 is 1.73 bits per heavy atom. The van der Waals surface area contributed by atoms with E-state index in [1.807, 2.05) is 49.4 Å². The van der Waals surface area contributed by atoms with Crippen molar-refractivity contribution in [1.82, 2.24) is 14.8 Å². The Morgan fingerprint density at radius 1 is 1.03 bits per heavy atom. The van der Waals surface area contributed by atoms with Crippen LogP contribution in [-0.4, -0.2) is 58.7 Å². The van der Waals surface area contributed by atoms with Gasteiger partial charge in [0.1, 0.15) is 6.54 Å². The quantitative estimate of drug-likeness (QED) is 0.619. The van der Waals surface area contributed by atoms with Gasteiger partial charge in [-0.15, -0.1) is 11.3 Å². The van der Waals surface area contributed by atoms with Crippen molar-refractivity contribution < 1.29 is 14.4 Å². The Bertz CT molecular complexity index is 1060. The van der Waals surface area contributed by atoms with Crippen molar-refractivity contribution in [3.8, 4) is 0 Å². The third-order valence-corrected chi connectivity index (χ3v) is 6.08. The number of likely N-dealkylation sites (N-methyl/N-ethyl adjacent to an activating group) is 1. The van der Waals surface area contributed by atoms with Gasteiger partial charge >= 0.3 is 11.8 Å². The summed E-state index contributed by atoms with van der Waals surface area (Å²) in [7, 11) is 0. The van der Waals surface area contributed by atoms with Gasteiger partial charge in [0, 0.05) is 31.7 Å². The minimum atomic E-state index is -0.621. The van der Waals surface area contributed by atoms with Gasteiger partial charge in [0.2, 0.25) is 5.91 Å². The van der Waals surface area contributed by atoms with Gasteiger partial charge < -0.3 is 15.1 Å². The normalized spacial score (nSPS) is 14.4. The van der Waals surface area contributed by atoms with Crippen LogP contribution in [0.5, 0.6) is 0 Å². The molecule has 3 aromatic rings. The van der Waals surface area contributed by atoms with E-state index in [1.165, 1.54) is 14.5 Å². The molecule has 0 radical (unpaired) electrons. The summed E-state index contributed by atoms with van der Waals surface area (Å²) >= 11 is 1.68. The number of carbonyl (C=O) groups is 3. The van der Waals surface area contributed by atoms with Gasteiger partial charge in [-0.05, 0) is 36.8 Å². The molecule has 1 aromatic heterocycles. The molecule has 3 amide bonds. The standard InChI is InChI=1S/C22H22N4O3S/c1-2-25-11-12-26(22(29)21(25)28)14-19(27)23-16-9-7-15(8-10-16)13-20-24-17-5-3-4-6-18(17)30-20/h3-10H,2,11-14H2,1H3,(H,23,27). The zero-order valence-electron chi connectivity index (χ0n) is 16.6. The van der Waals surface area contributed by atoms with Gasteiger partial charge in [-0.3, -0.25) is 14.4 Å². The predicted octanol–water partition coefficient (Wildman–Crippen LogP) is 2.52. The fourth-order valence-corrected chi connectivity index (χ4v) is 4.42. The zero-order valence-corrected chi connectivity index (χ0v) is 17.4. The molecule has 2 aromatic carbocycles.